The first kappa shape index (κ1) is 14.3. The summed E-state index contributed by atoms with van der Waals surface area (Å²) in [4.78, 5) is 14.2. The minimum absolute atomic E-state index is 0.0585. The SMILES string of the molecule is C[C@@H](C1CC1)N(C)C(=O)c1cccc(C[S@@](C)=O)c1. The highest BCUT2D eigenvalue weighted by Gasteiger charge is 2.32. The first-order chi connectivity index (χ1) is 8.99. The Morgan fingerprint density at radius 1 is 1.47 bits per heavy atom. The Hall–Kier alpha value is -1.16. The van der Waals surface area contributed by atoms with Gasteiger partial charge in [0.2, 0.25) is 0 Å². The summed E-state index contributed by atoms with van der Waals surface area (Å²) in [5.74, 6) is 1.23. The van der Waals surface area contributed by atoms with Crippen LogP contribution in [0.3, 0.4) is 0 Å². The van der Waals surface area contributed by atoms with Crippen LogP contribution in [0.5, 0.6) is 0 Å². The van der Waals surface area contributed by atoms with Crippen molar-refractivity contribution < 1.29 is 9.00 Å². The quantitative estimate of drug-likeness (QED) is 0.830. The third-order valence-corrected chi connectivity index (χ3v) is 4.52. The summed E-state index contributed by atoms with van der Waals surface area (Å²) in [6.07, 6.45) is 4.14. The van der Waals surface area contributed by atoms with Gasteiger partial charge in [-0.2, -0.15) is 0 Å². The van der Waals surface area contributed by atoms with Crippen LogP contribution in [0.2, 0.25) is 0 Å². The Morgan fingerprint density at radius 3 is 2.74 bits per heavy atom. The van der Waals surface area contributed by atoms with Crippen molar-refractivity contribution in [1.29, 1.82) is 0 Å². The van der Waals surface area contributed by atoms with Crippen LogP contribution < -0.4 is 0 Å². The zero-order valence-electron chi connectivity index (χ0n) is 11.8. The molecule has 0 aromatic heterocycles. The predicted molar refractivity (Wildman–Crippen MR) is 78.5 cm³/mol. The molecule has 1 aliphatic rings. The fourth-order valence-electron chi connectivity index (χ4n) is 2.31. The van der Waals surface area contributed by atoms with Gasteiger partial charge < -0.3 is 4.90 Å². The van der Waals surface area contributed by atoms with Gasteiger partial charge in [-0.15, -0.1) is 0 Å². The molecular formula is C15H21NO2S. The largest absolute Gasteiger partial charge is 0.339 e. The van der Waals surface area contributed by atoms with Gasteiger partial charge in [-0.25, -0.2) is 0 Å². The van der Waals surface area contributed by atoms with E-state index in [0.29, 0.717) is 23.3 Å². The number of rotatable bonds is 5. The molecule has 1 aliphatic carbocycles. The molecule has 0 saturated heterocycles. The number of hydrogen-bond donors (Lipinski definition) is 0. The zero-order chi connectivity index (χ0) is 14.0. The normalized spacial score (nSPS) is 17.8. The summed E-state index contributed by atoms with van der Waals surface area (Å²) in [5, 5.41) is 0. The molecule has 1 amide bonds. The Kier molecular flexibility index (Phi) is 4.40. The Balaban J connectivity index is 2.11. The second kappa shape index (κ2) is 5.87. The molecule has 0 radical (unpaired) electrons. The number of nitrogens with zero attached hydrogens (tertiary/aromatic N) is 1. The van der Waals surface area contributed by atoms with E-state index in [1.54, 1.807) is 6.26 Å². The summed E-state index contributed by atoms with van der Waals surface area (Å²) in [7, 11) is 0.991. The van der Waals surface area contributed by atoms with E-state index in [2.05, 4.69) is 6.92 Å². The van der Waals surface area contributed by atoms with E-state index in [1.807, 2.05) is 36.2 Å². The molecule has 0 unspecified atom stereocenters. The summed E-state index contributed by atoms with van der Waals surface area (Å²) in [6, 6.07) is 7.78. The van der Waals surface area contributed by atoms with E-state index in [0.717, 1.165) is 5.56 Å². The molecule has 3 nitrogen and oxygen atoms in total. The van der Waals surface area contributed by atoms with Crippen LogP contribution >= 0.6 is 0 Å². The van der Waals surface area contributed by atoms with E-state index < -0.39 is 10.8 Å². The van der Waals surface area contributed by atoms with Crippen LogP contribution in [-0.4, -0.2) is 34.4 Å². The molecule has 4 heteroatoms. The number of benzene rings is 1. The molecule has 1 saturated carbocycles. The average Bonchev–Trinajstić information content (AvgIpc) is 3.20. The molecule has 19 heavy (non-hydrogen) atoms. The van der Waals surface area contributed by atoms with Crippen molar-refractivity contribution in [2.75, 3.05) is 13.3 Å². The molecule has 1 aromatic carbocycles. The van der Waals surface area contributed by atoms with Crippen molar-refractivity contribution in [3.8, 4) is 0 Å². The molecule has 0 aliphatic heterocycles. The van der Waals surface area contributed by atoms with Gasteiger partial charge >= 0.3 is 0 Å². The van der Waals surface area contributed by atoms with Gasteiger partial charge in [0, 0.05) is 41.5 Å². The highest BCUT2D eigenvalue weighted by atomic mass is 32.2. The predicted octanol–water partition coefficient (Wildman–Crippen LogP) is 2.44. The monoisotopic (exact) mass is 279 g/mol. The lowest BCUT2D eigenvalue weighted by molar-refractivity contribution is 0.0727. The number of carbonyl (C=O) groups excluding carboxylic acids is 1. The lowest BCUT2D eigenvalue weighted by Gasteiger charge is -2.25. The Bertz CT molecular complexity index is 497. The van der Waals surface area contributed by atoms with Crippen LogP contribution in [0.25, 0.3) is 0 Å². The van der Waals surface area contributed by atoms with Gasteiger partial charge in [0.1, 0.15) is 0 Å². The third kappa shape index (κ3) is 3.66. The Labute approximate surface area is 117 Å². The van der Waals surface area contributed by atoms with Crippen molar-refractivity contribution >= 4 is 16.7 Å². The lowest BCUT2D eigenvalue weighted by atomic mass is 10.1. The Morgan fingerprint density at radius 2 is 2.16 bits per heavy atom. The van der Waals surface area contributed by atoms with Crippen molar-refractivity contribution in [3.63, 3.8) is 0 Å². The molecule has 2 atom stereocenters. The van der Waals surface area contributed by atoms with E-state index in [-0.39, 0.29) is 5.91 Å². The maximum Gasteiger partial charge on any atom is 0.253 e. The minimum Gasteiger partial charge on any atom is -0.339 e. The molecule has 0 bridgehead atoms. The van der Waals surface area contributed by atoms with E-state index in [1.165, 1.54) is 12.8 Å². The minimum atomic E-state index is -0.880. The molecule has 0 spiro atoms. The molecule has 1 fully saturated rings. The van der Waals surface area contributed by atoms with Crippen LogP contribution in [0, 0.1) is 5.92 Å². The van der Waals surface area contributed by atoms with Gasteiger partial charge in [-0.1, -0.05) is 12.1 Å². The first-order valence-corrected chi connectivity index (χ1v) is 8.38. The topological polar surface area (TPSA) is 37.4 Å². The molecular weight excluding hydrogens is 258 g/mol. The second-order valence-corrected chi connectivity index (χ2v) is 6.85. The standard InChI is InChI=1S/C15H21NO2S/c1-11(13-7-8-13)16(2)15(17)14-6-4-5-12(9-14)10-19(3)18/h4-6,9,11,13H,7-8,10H2,1-3H3/t11-,19+/m0/s1. The molecule has 1 aromatic rings. The summed E-state index contributed by atoms with van der Waals surface area (Å²) in [5.41, 5.74) is 1.65. The second-order valence-electron chi connectivity index (χ2n) is 5.41. The van der Waals surface area contributed by atoms with E-state index >= 15 is 0 Å². The molecule has 0 N–H and O–H groups in total. The highest BCUT2D eigenvalue weighted by Crippen LogP contribution is 2.35. The summed E-state index contributed by atoms with van der Waals surface area (Å²) < 4.78 is 11.2. The van der Waals surface area contributed by atoms with Crippen molar-refractivity contribution in [3.05, 3.63) is 35.4 Å². The zero-order valence-corrected chi connectivity index (χ0v) is 12.6. The van der Waals surface area contributed by atoms with E-state index in [4.69, 9.17) is 0 Å². The maximum atomic E-state index is 12.4. The fourth-order valence-corrected chi connectivity index (χ4v) is 2.96. The number of carbonyl (C=O) groups is 1. The molecule has 104 valence electrons. The first-order valence-electron chi connectivity index (χ1n) is 6.65. The highest BCUT2D eigenvalue weighted by molar-refractivity contribution is 7.83. The lowest BCUT2D eigenvalue weighted by Crippen LogP contribution is -2.36. The molecule has 2 rings (SSSR count). The van der Waals surface area contributed by atoms with Crippen LogP contribution in [0.1, 0.15) is 35.7 Å². The average molecular weight is 279 g/mol. The smallest absolute Gasteiger partial charge is 0.253 e. The van der Waals surface area contributed by atoms with Crippen LogP contribution in [0.4, 0.5) is 0 Å². The summed E-state index contributed by atoms with van der Waals surface area (Å²) >= 11 is 0. The van der Waals surface area contributed by atoms with Gasteiger partial charge in [-0.05, 0) is 43.4 Å². The molecule has 0 heterocycles. The van der Waals surface area contributed by atoms with Crippen molar-refractivity contribution in [2.45, 2.75) is 31.6 Å². The third-order valence-electron chi connectivity index (χ3n) is 3.78. The van der Waals surface area contributed by atoms with Gasteiger partial charge in [0.05, 0.1) is 0 Å². The summed E-state index contributed by atoms with van der Waals surface area (Å²) in [6.45, 7) is 2.11. The maximum absolute atomic E-state index is 12.4. The fraction of sp³-hybridized carbons (Fsp3) is 0.533. The number of amides is 1. The van der Waals surface area contributed by atoms with Gasteiger partial charge in [0.25, 0.3) is 5.91 Å². The van der Waals surface area contributed by atoms with Crippen LogP contribution in [0.15, 0.2) is 24.3 Å². The van der Waals surface area contributed by atoms with Crippen LogP contribution in [-0.2, 0) is 16.6 Å². The van der Waals surface area contributed by atoms with Crippen molar-refractivity contribution in [1.82, 2.24) is 4.90 Å². The van der Waals surface area contributed by atoms with E-state index in [9.17, 15) is 9.00 Å². The number of hydrogen-bond acceptors (Lipinski definition) is 2. The van der Waals surface area contributed by atoms with Gasteiger partial charge in [0.15, 0.2) is 0 Å². The van der Waals surface area contributed by atoms with Gasteiger partial charge in [-0.3, -0.25) is 9.00 Å². The van der Waals surface area contributed by atoms with Crippen molar-refractivity contribution in [2.24, 2.45) is 5.92 Å².